The first-order valence-corrected chi connectivity index (χ1v) is 9.94. The molecular formula is C19H27BrN4O5. The van der Waals surface area contributed by atoms with Crippen LogP contribution in [0, 0.1) is 21.4 Å². The third-order valence-corrected chi connectivity index (χ3v) is 4.44. The molecule has 1 aromatic carbocycles. The van der Waals surface area contributed by atoms with Crippen LogP contribution in [0.3, 0.4) is 0 Å². The van der Waals surface area contributed by atoms with Gasteiger partial charge in [0.05, 0.1) is 15.5 Å². The summed E-state index contributed by atoms with van der Waals surface area (Å²) >= 11 is 3.29. The molecule has 0 aromatic heterocycles. The molecule has 9 nitrogen and oxygen atoms in total. The molecule has 0 saturated carbocycles. The van der Waals surface area contributed by atoms with Crippen molar-refractivity contribution in [2.24, 2.45) is 0 Å². The molecule has 1 heterocycles. The van der Waals surface area contributed by atoms with Crippen LogP contribution in [0.1, 0.15) is 27.7 Å². The average molecular weight is 471 g/mol. The molecule has 1 aliphatic rings. The van der Waals surface area contributed by atoms with Crippen molar-refractivity contribution in [1.82, 2.24) is 9.80 Å². The van der Waals surface area contributed by atoms with Crippen LogP contribution in [-0.2, 0) is 4.74 Å². The van der Waals surface area contributed by atoms with Crippen molar-refractivity contribution in [3.63, 3.8) is 0 Å². The van der Waals surface area contributed by atoms with Gasteiger partial charge in [-0.05, 0) is 42.8 Å². The lowest BCUT2D eigenvalue weighted by atomic mass is 10.2. The third kappa shape index (κ3) is 9.11. The number of amides is 1. The number of nitro benzene ring substituents is 1. The Bertz CT molecular complexity index is 737. The summed E-state index contributed by atoms with van der Waals surface area (Å²) in [7, 11) is 0. The second-order valence-electron chi connectivity index (χ2n) is 7.25. The van der Waals surface area contributed by atoms with Gasteiger partial charge in [-0.3, -0.25) is 15.0 Å². The highest BCUT2D eigenvalue weighted by molar-refractivity contribution is 9.10. The van der Waals surface area contributed by atoms with Gasteiger partial charge in [0, 0.05) is 51.8 Å². The number of non-ortho nitro benzene ring substituents is 1. The molecule has 160 valence electrons. The first-order chi connectivity index (χ1) is 13.6. The molecule has 1 saturated heterocycles. The van der Waals surface area contributed by atoms with E-state index in [1.54, 1.807) is 17.0 Å². The van der Waals surface area contributed by atoms with Crippen molar-refractivity contribution in [2.45, 2.75) is 33.3 Å². The lowest BCUT2D eigenvalue weighted by Gasteiger charge is -2.35. The highest BCUT2D eigenvalue weighted by Gasteiger charge is 2.25. The Hall–Kier alpha value is -2.38. The highest BCUT2D eigenvalue weighted by Crippen LogP contribution is 2.29. The zero-order valence-electron chi connectivity index (χ0n) is 17.2. The van der Waals surface area contributed by atoms with Crippen LogP contribution < -0.4 is 4.74 Å². The molecule has 29 heavy (non-hydrogen) atoms. The molecule has 10 heteroatoms. The number of nitriles is 1. The summed E-state index contributed by atoms with van der Waals surface area (Å²) < 4.78 is 11.6. The molecule has 0 unspecified atom stereocenters. The number of carbonyl (C=O) groups excluding carboxylic acids is 1. The fraction of sp³-hybridized carbons (Fsp3) is 0.579. The number of nitro groups is 1. The van der Waals surface area contributed by atoms with E-state index in [4.69, 9.17) is 14.7 Å². The minimum Gasteiger partial charge on any atom is -0.491 e. The Labute approximate surface area is 179 Å². The normalized spacial score (nSPS) is 14.3. The van der Waals surface area contributed by atoms with Gasteiger partial charge in [-0.1, -0.05) is 0 Å². The molecule has 1 amide bonds. The standard InChI is InChI=1S/C17H24BrN3O5.C2H3N/c1-17(2,3)26-16(22)20-8-6-19(7-9-20)10-11-25-15-5-4-13(21(23)24)12-14(15)18;1-2-3/h4-5,12H,6-11H2,1-3H3;1H3. The highest BCUT2D eigenvalue weighted by atomic mass is 79.9. The average Bonchev–Trinajstić information content (AvgIpc) is 2.62. The molecule has 0 bridgehead atoms. The van der Waals surface area contributed by atoms with Gasteiger partial charge in [-0.2, -0.15) is 5.26 Å². The maximum atomic E-state index is 12.0. The Balaban J connectivity index is 0.00000132. The summed E-state index contributed by atoms with van der Waals surface area (Å²) in [6.07, 6.45) is -0.275. The lowest BCUT2D eigenvalue weighted by molar-refractivity contribution is -0.385. The third-order valence-electron chi connectivity index (χ3n) is 3.82. The van der Waals surface area contributed by atoms with Crippen LogP contribution in [0.4, 0.5) is 10.5 Å². The number of hydrogen-bond acceptors (Lipinski definition) is 7. The van der Waals surface area contributed by atoms with E-state index in [0.717, 1.165) is 13.1 Å². The molecular weight excluding hydrogens is 444 g/mol. The van der Waals surface area contributed by atoms with Crippen molar-refractivity contribution in [1.29, 1.82) is 5.26 Å². The van der Waals surface area contributed by atoms with Crippen LogP contribution in [0.25, 0.3) is 0 Å². The van der Waals surface area contributed by atoms with Gasteiger partial charge in [-0.15, -0.1) is 0 Å². The molecule has 0 spiro atoms. The molecule has 0 aliphatic carbocycles. The van der Waals surface area contributed by atoms with Crippen LogP contribution in [0.2, 0.25) is 0 Å². The lowest BCUT2D eigenvalue weighted by Crippen LogP contribution is -2.50. The number of piperazine rings is 1. The van der Waals surface area contributed by atoms with Gasteiger partial charge in [0.15, 0.2) is 0 Å². The van der Waals surface area contributed by atoms with Crippen LogP contribution in [0.5, 0.6) is 5.75 Å². The Morgan fingerprint density at radius 3 is 2.38 bits per heavy atom. The fourth-order valence-electron chi connectivity index (χ4n) is 2.49. The second kappa shape index (κ2) is 11.6. The number of rotatable bonds is 5. The number of nitrogens with zero attached hydrogens (tertiary/aromatic N) is 4. The van der Waals surface area contributed by atoms with Crippen LogP contribution in [0.15, 0.2) is 22.7 Å². The predicted molar refractivity (Wildman–Crippen MR) is 112 cm³/mol. The van der Waals surface area contributed by atoms with Crippen LogP contribution in [-0.4, -0.2) is 65.7 Å². The van der Waals surface area contributed by atoms with Gasteiger partial charge in [0.2, 0.25) is 0 Å². The van der Waals surface area contributed by atoms with E-state index in [-0.39, 0.29) is 11.8 Å². The zero-order chi connectivity index (χ0) is 22.0. The smallest absolute Gasteiger partial charge is 0.410 e. The van der Waals surface area contributed by atoms with Crippen molar-refractivity contribution >= 4 is 27.7 Å². The Morgan fingerprint density at radius 2 is 1.90 bits per heavy atom. The number of carbonyl (C=O) groups is 1. The molecule has 0 radical (unpaired) electrons. The van der Waals surface area contributed by atoms with E-state index in [2.05, 4.69) is 20.8 Å². The van der Waals surface area contributed by atoms with Gasteiger partial charge in [0.1, 0.15) is 18.0 Å². The van der Waals surface area contributed by atoms with Gasteiger partial charge in [-0.25, -0.2) is 4.79 Å². The number of ether oxygens (including phenoxy) is 2. The number of halogens is 1. The quantitative estimate of drug-likeness (QED) is 0.475. The molecule has 1 aromatic rings. The first-order valence-electron chi connectivity index (χ1n) is 9.15. The van der Waals surface area contributed by atoms with Crippen molar-refractivity contribution < 1.29 is 19.2 Å². The van der Waals surface area contributed by atoms with Gasteiger partial charge < -0.3 is 14.4 Å². The van der Waals surface area contributed by atoms with Crippen molar-refractivity contribution in [2.75, 3.05) is 39.3 Å². The number of hydrogen-bond donors (Lipinski definition) is 0. The topological polar surface area (TPSA) is 109 Å². The van der Waals surface area contributed by atoms with E-state index in [1.807, 2.05) is 20.8 Å². The monoisotopic (exact) mass is 470 g/mol. The second-order valence-corrected chi connectivity index (χ2v) is 8.11. The summed E-state index contributed by atoms with van der Waals surface area (Å²) in [6, 6.07) is 6.18. The summed E-state index contributed by atoms with van der Waals surface area (Å²) in [4.78, 5) is 26.3. The Morgan fingerprint density at radius 1 is 1.31 bits per heavy atom. The maximum Gasteiger partial charge on any atom is 0.410 e. The van der Waals surface area contributed by atoms with Gasteiger partial charge in [0.25, 0.3) is 5.69 Å². The van der Waals surface area contributed by atoms with E-state index >= 15 is 0 Å². The van der Waals surface area contributed by atoms with Crippen molar-refractivity contribution in [3.05, 3.63) is 32.8 Å². The molecule has 0 N–H and O–H groups in total. The molecule has 0 atom stereocenters. The molecule has 1 fully saturated rings. The van der Waals surface area contributed by atoms with Gasteiger partial charge >= 0.3 is 6.09 Å². The first kappa shape index (κ1) is 24.7. The largest absolute Gasteiger partial charge is 0.491 e. The Kier molecular flexibility index (Phi) is 9.85. The van der Waals surface area contributed by atoms with Crippen LogP contribution >= 0.6 is 15.9 Å². The van der Waals surface area contributed by atoms with E-state index in [1.165, 1.54) is 19.1 Å². The number of benzene rings is 1. The minimum absolute atomic E-state index is 0.0162. The summed E-state index contributed by atoms with van der Waals surface area (Å²) in [6.45, 7) is 10.9. The van der Waals surface area contributed by atoms with E-state index < -0.39 is 10.5 Å². The van der Waals surface area contributed by atoms with E-state index in [9.17, 15) is 14.9 Å². The minimum atomic E-state index is -0.486. The SMILES string of the molecule is CC#N.CC(C)(C)OC(=O)N1CCN(CCOc2ccc([N+](=O)[O-])cc2Br)CC1. The summed E-state index contributed by atoms with van der Waals surface area (Å²) in [5.41, 5.74) is -0.470. The van der Waals surface area contributed by atoms with E-state index in [0.29, 0.717) is 36.5 Å². The summed E-state index contributed by atoms with van der Waals surface area (Å²) in [5, 5.41) is 18.1. The molecule has 1 aliphatic heterocycles. The zero-order valence-corrected chi connectivity index (χ0v) is 18.8. The fourth-order valence-corrected chi connectivity index (χ4v) is 2.97. The predicted octanol–water partition coefficient (Wildman–Crippen LogP) is 3.82. The van der Waals surface area contributed by atoms with Crippen molar-refractivity contribution in [3.8, 4) is 11.8 Å². The molecule has 2 rings (SSSR count). The summed E-state index contributed by atoms with van der Waals surface area (Å²) in [5.74, 6) is 0.572. The maximum absolute atomic E-state index is 12.0.